The molecular weight excluding hydrogens is 310 g/mol. The summed E-state index contributed by atoms with van der Waals surface area (Å²) >= 11 is 2.02. The number of thioether (sulfide) groups is 1. The molecule has 2 aliphatic rings. The monoisotopic (exact) mass is 335 g/mol. The number of amides is 1. The van der Waals surface area contributed by atoms with Crippen LogP contribution >= 0.6 is 11.8 Å². The fourth-order valence-electron chi connectivity index (χ4n) is 2.94. The first-order valence-corrected chi connectivity index (χ1v) is 9.40. The third-order valence-electron chi connectivity index (χ3n) is 4.44. The zero-order valence-corrected chi connectivity index (χ0v) is 14.5. The number of anilines is 1. The van der Waals surface area contributed by atoms with E-state index in [2.05, 4.69) is 28.5 Å². The Morgan fingerprint density at radius 1 is 1.43 bits per heavy atom. The average Bonchev–Trinajstić information content (AvgIpc) is 2.60. The molecule has 0 spiro atoms. The van der Waals surface area contributed by atoms with Crippen molar-refractivity contribution < 1.29 is 9.53 Å². The third kappa shape index (κ3) is 4.47. The van der Waals surface area contributed by atoms with Gasteiger partial charge in [-0.05, 0) is 24.1 Å². The minimum absolute atomic E-state index is 0.0145. The summed E-state index contributed by atoms with van der Waals surface area (Å²) in [5.74, 6) is 2.41. The molecule has 0 aromatic heterocycles. The zero-order valence-electron chi connectivity index (χ0n) is 13.6. The minimum atomic E-state index is -0.258. The number of carbonyl (C=O) groups is 1. The molecule has 1 aromatic rings. The largest absolute Gasteiger partial charge is 0.378 e. The van der Waals surface area contributed by atoms with Crippen LogP contribution in [0, 0.1) is 6.92 Å². The molecule has 2 fully saturated rings. The van der Waals surface area contributed by atoms with E-state index in [-0.39, 0.29) is 11.9 Å². The van der Waals surface area contributed by atoms with Gasteiger partial charge >= 0.3 is 0 Å². The van der Waals surface area contributed by atoms with Crippen molar-refractivity contribution >= 4 is 23.4 Å². The summed E-state index contributed by atoms with van der Waals surface area (Å²) in [5, 5.41) is 6.24. The maximum atomic E-state index is 12.4. The maximum Gasteiger partial charge on any atom is 0.243 e. The molecule has 1 amide bonds. The van der Waals surface area contributed by atoms with Crippen LogP contribution in [0.1, 0.15) is 11.1 Å². The van der Waals surface area contributed by atoms with Crippen molar-refractivity contribution in [3.63, 3.8) is 0 Å². The fourth-order valence-corrected chi connectivity index (χ4v) is 3.92. The first-order valence-electron chi connectivity index (χ1n) is 8.24. The Morgan fingerprint density at radius 3 is 3.00 bits per heavy atom. The van der Waals surface area contributed by atoms with Crippen molar-refractivity contribution in [1.29, 1.82) is 0 Å². The molecule has 2 N–H and O–H groups in total. The maximum absolute atomic E-state index is 12.4. The number of hydrogen-bond acceptors (Lipinski definition) is 5. The van der Waals surface area contributed by atoms with E-state index >= 15 is 0 Å². The van der Waals surface area contributed by atoms with Crippen LogP contribution < -0.4 is 10.6 Å². The van der Waals surface area contributed by atoms with Gasteiger partial charge in [-0.1, -0.05) is 12.1 Å². The van der Waals surface area contributed by atoms with Crippen molar-refractivity contribution in [3.8, 4) is 0 Å². The Morgan fingerprint density at radius 2 is 2.26 bits per heavy atom. The van der Waals surface area contributed by atoms with Crippen LogP contribution in [-0.2, 0) is 16.1 Å². The number of carbonyl (C=O) groups excluding carboxylic acids is 1. The highest BCUT2D eigenvalue weighted by molar-refractivity contribution is 7.99. The zero-order chi connectivity index (χ0) is 16.1. The molecule has 126 valence electrons. The van der Waals surface area contributed by atoms with Gasteiger partial charge in [0.15, 0.2) is 0 Å². The topological polar surface area (TPSA) is 53.6 Å². The van der Waals surface area contributed by atoms with E-state index in [1.165, 1.54) is 17.1 Å². The van der Waals surface area contributed by atoms with E-state index in [0.29, 0.717) is 13.2 Å². The van der Waals surface area contributed by atoms with Crippen LogP contribution in [-0.4, -0.2) is 61.2 Å². The van der Waals surface area contributed by atoms with Gasteiger partial charge in [-0.2, -0.15) is 11.8 Å². The second kappa shape index (κ2) is 8.15. The van der Waals surface area contributed by atoms with Gasteiger partial charge in [-0.3, -0.25) is 9.69 Å². The number of benzene rings is 1. The van der Waals surface area contributed by atoms with Crippen LogP contribution in [0.4, 0.5) is 5.69 Å². The minimum Gasteiger partial charge on any atom is -0.378 e. The Kier molecular flexibility index (Phi) is 5.94. The average molecular weight is 335 g/mol. The molecule has 2 aliphatic heterocycles. The number of nitrogens with one attached hydrogen (secondary N) is 2. The van der Waals surface area contributed by atoms with Crippen LogP contribution in [0.5, 0.6) is 0 Å². The van der Waals surface area contributed by atoms with Crippen molar-refractivity contribution in [1.82, 2.24) is 10.2 Å². The summed E-state index contributed by atoms with van der Waals surface area (Å²) in [6.07, 6.45) is 0. The van der Waals surface area contributed by atoms with Gasteiger partial charge in [0.25, 0.3) is 0 Å². The second-order valence-corrected chi connectivity index (χ2v) is 7.27. The SMILES string of the molecule is Cc1c(CN2CCSCC2)cccc1NC(=O)C1COCCN1. The number of nitrogens with zero attached hydrogens (tertiary/aromatic N) is 1. The van der Waals surface area contributed by atoms with E-state index < -0.39 is 0 Å². The Labute approximate surface area is 142 Å². The summed E-state index contributed by atoms with van der Waals surface area (Å²) in [6, 6.07) is 5.91. The summed E-state index contributed by atoms with van der Waals surface area (Å²) in [5.41, 5.74) is 3.37. The van der Waals surface area contributed by atoms with Gasteiger partial charge < -0.3 is 15.4 Å². The Bertz CT molecular complexity index is 541. The molecule has 1 unspecified atom stereocenters. The Hall–Kier alpha value is -1.08. The molecular formula is C17H25N3O2S. The number of ether oxygens (including phenoxy) is 1. The molecule has 0 aliphatic carbocycles. The standard InChI is InChI=1S/C17H25N3O2S/c1-13-14(11-20-6-9-23-10-7-20)3-2-4-15(13)19-17(21)16-12-22-8-5-18-16/h2-4,16,18H,5-12H2,1H3,(H,19,21). The van der Waals surface area contributed by atoms with Crippen LogP contribution in [0.25, 0.3) is 0 Å². The molecule has 2 saturated heterocycles. The molecule has 6 heteroatoms. The molecule has 2 heterocycles. The quantitative estimate of drug-likeness (QED) is 0.873. The first kappa shape index (κ1) is 16.8. The molecule has 0 radical (unpaired) electrons. The van der Waals surface area contributed by atoms with E-state index in [4.69, 9.17) is 4.74 Å². The molecule has 0 saturated carbocycles. The second-order valence-electron chi connectivity index (χ2n) is 6.05. The van der Waals surface area contributed by atoms with Gasteiger partial charge in [-0.15, -0.1) is 0 Å². The summed E-state index contributed by atoms with van der Waals surface area (Å²) < 4.78 is 5.36. The lowest BCUT2D eigenvalue weighted by Gasteiger charge is -2.27. The number of morpholine rings is 1. The smallest absolute Gasteiger partial charge is 0.243 e. The lowest BCUT2D eigenvalue weighted by molar-refractivity contribution is -0.120. The number of hydrogen-bond donors (Lipinski definition) is 2. The van der Waals surface area contributed by atoms with Crippen molar-refractivity contribution in [2.24, 2.45) is 0 Å². The predicted octanol–water partition coefficient (Wildman–Crippen LogP) is 1.47. The van der Waals surface area contributed by atoms with Gasteiger partial charge in [0, 0.05) is 43.4 Å². The van der Waals surface area contributed by atoms with Crippen LogP contribution in [0.15, 0.2) is 18.2 Å². The molecule has 3 rings (SSSR count). The van der Waals surface area contributed by atoms with E-state index in [0.717, 1.165) is 37.4 Å². The highest BCUT2D eigenvalue weighted by Crippen LogP contribution is 2.22. The van der Waals surface area contributed by atoms with Crippen LogP contribution in [0.3, 0.4) is 0 Å². The highest BCUT2D eigenvalue weighted by atomic mass is 32.2. The lowest BCUT2D eigenvalue weighted by Crippen LogP contribution is -2.48. The molecule has 23 heavy (non-hydrogen) atoms. The predicted molar refractivity (Wildman–Crippen MR) is 95.0 cm³/mol. The van der Waals surface area contributed by atoms with Crippen molar-refractivity contribution in [2.75, 3.05) is 49.7 Å². The third-order valence-corrected chi connectivity index (χ3v) is 5.38. The molecule has 0 bridgehead atoms. The molecule has 1 atom stereocenters. The summed E-state index contributed by atoms with van der Waals surface area (Å²) in [6.45, 7) is 7.18. The van der Waals surface area contributed by atoms with Crippen molar-refractivity contribution in [2.45, 2.75) is 19.5 Å². The van der Waals surface area contributed by atoms with E-state index in [9.17, 15) is 4.79 Å². The van der Waals surface area contributed by atoms with E-state index in [1.54, 1.807) is 0 Å². The summed E-state index contributed by atoms with van der Waals surface area (Å²) in [7, 11) is 0. The number of rotatable bonds is 4. The van der Waals surface area contributed by atoms with Gasteiger partial charge in [0.1, 0.15) is 6.04 Å². The van der Waals surface area contributed by atoms with Gasteiger partial charge in [0.2, 0.25) is 5.91 Å². The Balaban J connectivity index is 1.65. The van der Waals surface area contributed by atoms with Crippen molar-refractivity contribution in [3.05, 3.63) is 29.3 Å². The molecule has 5 nitrogen and oxygen atoms in total. The first-order chi connectivity index (χ1) is 11.2. The van der Waals surface area contributed by atoms with Gasteiger partial charge in [0.05, 0.1) is 13.2 Å². The van der Waals surface area contributed by atoms with E-state index in [1.807, 2.05) is 23.9 Å². The lowest BCUT2D eigenvalue weighted by atomic mass is 10.1. The summed E-state index contributed by atoms with van der Waals surface area (Å²) in [4.78, 5) is 14.8. The highest BCUT2D eigenvalue weighted by Gasteiger charge is 2.22. The molecule has 1 aromatic carbocycles. The fraction of sp³-hybridized carbons (Fsp3) is 0.588. The van der Waals surface area contributed by atoms with Crippen LogP contribution in [0.2, 0.25) is 0 Å². The van der Waals surface area contributed by atoms with Gasteiger partial charge in [-0.25, -0.2) is 0 Å². The normalized spacial score (nSPS) is 22.7.